The lowest BCUT2D eigenvalue weighted by Crippen LogP contribution is -2.08. The standard InChI is InChI=1S/C14H12Cl2FN/c1-9(10-5-2-3-6-11(10)15)18-13-8-4-7-12(16)14(13)17/h2-9,18H,1H3. The fourth-order valence-corrected chi connectivity index (χ4v) is 2.23. The second kappa shape index (κ2) is 5.59. The monoisotopic (exact) mass is 283 g/mol. The van der Waals surface area contributed by atoms with Crippen LogP contribution in [0, 0.1) is 5.82 Å². The Labute approximate surface area is 116 Å². The van der Waals surface area contributed by atoms with Gasteiger partial charge < -0.3 is 5.32 Å². The topological polar surface area (TPSA) is 12.0 Å². The van der Waals surface area contributed by atoms with Crippen LogP contribution in [0.1, 0.15) is 18.5 Å². The molecule has 1 N–H and O–H groups in total. The smallest absolute Gasteiger partial charge is 0.164 e. The third kappa shape index (κ3) is 2.77. The van der Waals surface area contributed by atoms with E-state index in [0.717, 1.165) is 5.56 Å². The van der Waals surface area contributed by atoms with Crippen LogP contribution in [0.15, 0.2) is 42.5 Å². The predicted octanol–water partition coefficient (Wildman–Crippen LogP) is 5.31. The van der Waals surface area contributed by atoms with Gasteiger partial charge in [0.05, 0.1) is 16.8 Å². The summed E-state index contributed by atoms with van der Waals surface area (Å²) in [6.45, 7) is 1.92. The van der Waals surface area contributed by atoms with E-state index in [1.165, 1.54) is 6.07 Å². The first-order valence-corrected chi connectivity index (χ1v) is 6.30. The number of hydrogen-bond donors (Lipinski definition) is 1. The van der Waals surface area contributed by atoms with E-state index in [1.54, 1.807) is 12.1 Å². The van der Waals surface area contributed by atoms with Gasteiger partial charge in [-0.25, -0.2) is 4.39 Å². The van der Waals surface area contributed by atoms with E-state index >= 15 is 0 Å². The van der Waals surface area contributed by atoms with Crippen LogP contribution in [0.2, 0.25) is 10.0 Å². The molecular weight excluding hydrogens is 272 g/mol. The Kier molecular flexibility index (Phi) is 4.10. The van der Waals surface area contributed by atoms with Gasteiger partial charge in [-0.05, 0) is 30.7 Å². The summed E-state index contributed by atoms with van der Waals surface area (Å²) in [4.78, 5) is 0. The zero-order valence-corrected chi connectivity index (χ0v) is 11.3. The fraction of sp³-hybridized carbons (Fsp3) is 0.143. The van der Waals surface area contributed by atoms with Gasteiger partial charge in [0, 0.05) is 5.02 Å². The molecule has 94 valence electrons. The minimum absolute atomic E-state index is 0.103. The number of anilines is 1. The number of hydrogen-bond acceptors (Lipinski definition) is 1. The Morgan fingerprint density at radius 3 is 2.39 bits per heavy atom. The Balaban J connectivity index is 2.24. The summed E-state index contributed by atoms with van der Waals surface area (Å²) < 4.78 is 13.8. The van der Waals surface area contributed by atoms with Gasteiger partial charge in [-0.2, -0.15) is 0 Å². The third-order valence-electron chi connectivity index (χ3n) is 2.70. The first kappa shape index (κ1) is 13.2. The molecule has 0 saturated carbocycles. The molecule has 0 heterocycles. The van der Waals surface area contributed by atoms with Gasteiger partial charge in [0.15, 0.2) is 5.82 Å². The highest BCUT2D eigenvalue weighted by atomic mass is 35.5. The van der Waals surface area contributed by atoms with Crippen LogP contribution >= 0.6 is 23.2 Å². The van der Waals surface area contributed by atoms with Crippen molar-refractivity contribution in [2.45, 2.75) is 13.0 Å². The Morgan fingerprint density at radius 2 is 1.67 bits per heavy atom. The lowest BCUT2D eigenvalue weighted by atomic mass is 10.1. The molecule has 0 radical (unpaired) electrons. The molecule has 0 saturated heterocycles. The van der Waals surface area contributed by atoms with Gasteiger partial charge in [-0.3, -0.25) is 0 Å². The molecule has 0 spiro atoms. The average Bonchev–Trinajstić information content (AvgIpc) is 2.35. The Hall–Kier alpha value is -1.25. The van der Waals surface area contributed by atoms with Crippen molar-refractivity contribution < 1.29 is 4.39 Å². The highest BCUT2D eigenvalue weighted by Gasteiger charge is 2.12. The lowest BCUT2D eigenvalue weighted by molar-refractivity contribution is 0.628. The van der Waals surface area contributed by atoms with Gasteiger partial charge in [0.25, 0.3) is 0 Å². The minimum atomic E-state index is -0.446. The normalized spacial score (nSPS) is 12.2. The van der Waals surface area contributed by atoms with Crippen LogP contribution in [0.3, 0.4) is 0 Å². The van der Waals surface area contributed by atoms with Crippen molar-refractivity contribution in [2.24, 2.45) is 0 Å². The van der Waals surface area contributed by atoms with Crippen LogP contribution in [-0.4, -0.2) is 0 Å². The first-order chi connectivity index (χ1) is 8.59. The Morgan fingerprint density at radius 1 is 1.00 bits per heavy atom. The molecule has 0 amide bonds. The maximum absolute atomic E-state index is 13.8. The molecule has 2 aromatic carbocycles. The van der Waals surface area contributed by atoms with Crippen molar-refractivity contribution in [1.29, 1.82) is 0 Å². The average molecular weight is 284 g/mol. The zero-order valence-electron chi connectivity index (χ0n) is 9.75. The molecule has 0 fully saturated rings. The molecule has 0 aliphatic rings. The number of rotatable bonds is 3. The van der Waals surface area contributed by atoms with E-state index in [0.29, 0.717) is 10.7 Å². The summed E-state index contributed by atoms with van der Waals surface area (Å²) in [5.74, 6) is -0.446. The van der Waals surface area contributed by atoms with E-state index < -0.39 is 5.82 Å². The molecule has 18 heavy (non-hydrogen) atoms. The summed E-state index contributed by atoms with van der Waals surface area (Å²) in [5, 5.41) is 3.82. The minimum Gasteiger partial charge on any atom is -0.376 e. The summed E-state index contributed by atoms with van der Waals surface area (Å²) in [6, 6.07) is 12.2. The second-order valence-electron chi connectivity index (χ2n) is 3.99. The van der Waals surface area contributed by atoms with Crippen LogP contribution in [-0.2, 0) is 0 Å². The van der Waals surface area contributed by atoms with E-state index in [4.69, 9.17) is 23.2 Å². The summed E-state index contributed by atoms with van der Waals surface area (Å²) in [5.41, 5.74) is 1.29. The number of nitrogens with one attached hydrogen (secondary N) is 1. The van der Waals surface area contributed by atoms with Gasteiger partial charge in [0.2, 0.25) is 0 Å². The van der Waals surface area contributed by atoms with E-state index in [1.807, 2.05) is 31.2 Å². The molecule has 0 aliphatic carbocycles. The Bertz CT molecular complexity index is 557. The van der Waals surface area contributed by atoms with Gasteiger partial charge >= 0.3 is 0 Å². The summed E-state index contributed by atoms with van der Waals surface area (Å²) in [7, 11) is 0. The van der Waals surface area contributed by atoms with E-state index in [2.05, 4.69) is 5.32 Å². The molecule has 0 aliphatic heterocycles. The van der Waals surface area contributed by atoms with Crippen molar-refractivity contribution >= 4 is 28.9 Å². The molecule has 1 atom stereocenters. The lowest BCUT2D eigenvalue weighted by Gasteiger charge is -2.17. The van der Waals surface area contributed by atoms with Crippen molar-refractivity contribution in [1.82, 2.24) is 0 Å². The molecule has 1 unspecified atom stereocenters. The molecule has 2 rings (SSSR count). The summed E-state index contributed by atoms with van der Waals surface area (Å²) >= 11 is 11.8. The molecule has 4 heteroatoms. The molecule has 1 nitrogen and oxygen atoms in total. The van der Waals surface area contributed by atoms with Crippen LogP contribution in [0.5, 0.6) is 0 Å². The van der Waals surface area contributed by atoms with Crippen molar-refractivity contribution in [2.75, 3.05) is 5.32 Å². The molecule has 2 aromatic rings. The quantitative estimate of drug-likeness (QED) is 0.805. The summed E-state index contributed by atoms with van der Waals surface area (Å²) in [6.07, 6.45) is 0. The zero-order chi connectivity index (χ0) is 13.1. The van der Waals surface area contributed by atoms with Crippen molar-refractivity contribution in [3.63, 3.8) is 0 Å². The van der Waals surface area contributed by atoms with Crippen molar-refractivity contribution in [3.8, 4) is 0 Å². The third-order valence-corrected chi connectivity index (χ3v) is 3.33. The SMILES string of the molecule is CC(Nc1cccc(Cl)c1F)c1ccccc1Cl. The van der Waals surface area contributed by atoms with Gasteiger partial charge in [-0.15, -0.1) is 0 Å². The van der Waals surface area contributed by atoms with Gasteiger partial charge in [-0.1, -0.05) is 47.5 Å². The van der Waals surface area contributed by atoms with Crippen LogP contribution < -0.4 is 5.32 Å². The number of halogens is 3. The second-order valence-corrected chi connectivity index (χ2v) is 4.80. The maximum atomic E-state index is 13.8. The van der Waals surface area contributed by atoms with Crippen LogP contribution in [0.25, 0.3) is 0 Å². The molecular formula is C14H12Cl2FN. The fourth-order valence-electron chi connectivity index (χ4n) is 1.75. The highest BCUT2D eigenvalue weighted by Crippen LogP contribution is 2.28. The molecule has 0 aromatic heterocycles. The largest absolute Gasteiger partial charge is 0.376 e. The van der Waals surface area contributed by atoms with E-state index in [9.17, 15) is 4.39 Å². The van der Waals surface area contributed by atoms with E-state index in [-0.39, 0.29) is 11.1 Å². The first-order valence-electron chi connectivity index (χ1n) is 5.54. The maximum Gasteiger partial charge on any atom is 0.164 e. The van der Waals surface area contributed by atoms with Gasteiger partial charge in [0.1, 0.15) is 0 Å². The number of benzene rings is 2. The highest BCUT2D eigenvalue weighted by molar-refractivity contribution is 6.31. The predicted molar refractivity (Wildman–Crippen MR) is 74.9 cm³/mol. The van der Waals surface area contributed by atoms with Crippen LogP contribution in [0.4, 0.5) is 10.1 Å². The molecule has 0 bridgehead atoms. The van der Waals surface area contributed by atoms with Crippen molar-refractivity contribution in [3.05, 3.63) is 63.9 Å².